The third-order valence-electron chi connectivity index (χ3n) is 3.23. The van der Waals surface area contributed by atoms with E-state index in [1.165, 1.54) is 11.3 Å². The molecule has 0 N–H and O–H groups in total. The van der Waals surface area contributed by atoms with Gasteiger partial charge in [-0.1, -0.05) is 60.7 Å². The van der Waals surface area contributed by atoms with Gasteiger partial charge < -0.3 is 4.74 Å². The van der Waals surface area contributed by atoms with Gasteiger partial charge in [-0.05, 0) is 45.2 Å². The zero-order chi connectivity index (χ0) is 15.4. The molecule has 0 amide bonds. The van der Waals surface area contributed by atoms with E-state index in [0.29, 0.717) is 4.88 Å². The predicted molar refractivity (Wildman–Crippen MR) is 97.2 cm³/mol. The Hall–Kier alpha value is -1.66. The average Bonchev–Trinajstić information content (AvgIpc) is 3.00. The molecule has 3 rings (SSSR count). The van der Waals surface area contributed by atoms with Crippen LogP contribution in [0.2, 0.25) is 0 Å². The number of rotatable bonds is 4. The van der Waals surface area contributed by atoms with Crippen LogP contribution in [-0.4, -0.2) is 5.97 Å². The molecule has 22 heavy (non-hydrogen) atoms. The molecule has 2 aromatic carbocycles. The summed E-state index contributed by atoms with van der Waals surface area (Å²) >= 11 is 3.56. The normalized spacial score (nSPS) is 10.6. The fraction of sp³-hybridized carbons (Fsp3) is 0.0556. The number of carbonyl (C=O) groups excluding carboxylic acids is 1. The smallest absolute Gasteiger partial charge is 0.350 e. The molecule has 0 saturated heterocycles. The number of thiophene rings is 1. The van der Waals surface area contributed by atoms with Crippen molar-refractivity contribution in [3.63, 3.8) is 0 Å². The van der Waals surface area contributed by atoms with Gasteiger partial charge in [-0.25, -0.2) is 4.79 Å². The predicted octanol–water partition coefficient (Wildman–Crippen LogP) is 5.30. The second-order valence-electron chi connectivity index (χ2n) is 4.70. The van der Waals surface area contributed by atoms with Crippen molar-refractivity contribution in [3.8, 4) is 0 Å². The first kappa shape index (κ1) is 15.2. The van der Waals surface area contributed by atoms with Crippen LogP contribution < -0.4 is 0 Å². The minimum Gasteiger partial charge on any atom is -0.448 e. The van der Waals surface area contributed by atoms with Crippen molar-refractivity contribution in [3.05, 3.63) is 91.7 Å². The van der Waals surface area contributed by atoms with Gasteiger partial charge >= 0.3 is 5.97 Å². The number of halogens is 1. The summed E-state index contributed by atoms with van der Waals surface area (Å²) < 4.78 is 6.74. The van der Waals surface area contributed by atoms with E-state index < -0.39 is 6.10 Å². The Morgan fingerprint density at radius 1 is 0.909 bits per heavy atom. The van der Waals surface area contributed by atoms with Gasteiger partial charge in [0, 0.05) is 3.57 Å². The molecule has 0 radical (unpaired) electrons. The maximum Gasteiger partial charge on any atom is 0.350 e. The second-order valence-corrected chi connectivity index (χ2v) is 6.78. The lowest BCUT2D eigenvalue weighted by Gasteiger charge is -2.18. The molecule has 3 aromatic rings. The van der Waals surface area contributed by atoms with Gasteiger partial charge in [-0.2, -0.15) is 0 Å². The highest BCUT2D eigenvalue weighted by molar-refractivity contribution is 14.1. The van der Waals surface area contributed by atoms with Gasteiger partial charge in [-0.3, -0.25) is 0 Å². The highest BCUT2D eigenvalue weighted by Crippen LogP contribution is 2.29. The van der Waals surface area contributed by atoms with Crippen LogP contribution in [0.25, 0.3) is 0 Å². The van der Waals surface area contributed by atoms with E-state index in [0.717, 1.165) is 14.7 Å². The van der Waals surface area contributed by atoms with Crippen molar-refractivity contribution in [2.45, 2.75) is 6.10 Å². The third-order valence-corrected chi connectivity index (χ3v) is 5.39. The molecule has 0 aliphatic rings. The molecule has 0 fully saturated rings. The molecular weight excluding hydrogens is 407 g/mol. The minimum atomic E-state index is -0.396. The van der Waals surface area contributed by atoms with Crippen molar-refractivity contribution >= 4 is 39.9 Å². The molecule has 0 aliphatic carbocycles. The fourth-order valence-electron chi connectivity index (χ4n) is 2.18. The molecule has 1 heterocycles. The van der Waals surface area contributed by atoms with Gasteiger partial charge in [0.2, 0.25) is 0 Å². The average molecular weight is 420 g/mol. The first-order valence-corrected chi connectivity index (χ1v) is 8.75. The number of hydrogen-bond donors (Lipinski definition) is 0. The maximum atomic E-state index is 12.5. The lowest BCUT2D eigenvalue weighted by molar-refractivity contribution is 0.0383. The van der Waals surface area contributed by atoms with Crippen molar-refractivity contribution < 1.29 is 9.53 Å². The summed E-state index contributed by atoms with van der Waals surface area (Å²) in [5.74, 6) is -0.280. The van der Waals surface area contributed by atoms with Gasteiger partial charge in [0.15, 0.2) is 6.10 Å². The molecule has 0 atom stereocenters. The number of benzene rings is 2. The quantitative estimate of drug-likeness (QED) is 0.423. The summed E-state index contributed by atoms with van der Waals surface area (Å²) in [6, 6.07) is 21.5. The highest BCUT2D eigenvalue weighted by atomic mass is 127. The van der Waals surface area contributed by atoms with E-state index in [-0.39, 0.29) is 5.97 Å². The van der Waals surface area contributed by atoms with Gasteiger partial charge in [0.05, 0.1) is 0 Å². The SMILES string of the molecule is O=C(OC(c1ccccc1)c1ccccc1)c1sccc1I. The summed E-state index contributed by atoms with van der Waals surface area (Å²) in [6.07, 6.45) is -0.396. The molecule has 1 aromatic heterocycles. The van der Waals surface area contributed by atoms with Crippen molar-refractivity contribution in [1.82, 2.24) is 0 Å². The van der Waals surface area contributed by atoms with E-state index in [4.69, 9.17) is 4.74 Å². The first-order valence-electron chi connectivity index (χ1n) is 6.79. The van der Waals surface area contributed by atoms with Crippen LogP contribution in [0.15, 0.2) is 72.1 Å². The summed E-state index contributed by atoms with van der Waals surface area (Å²) in [5, 5.41) is 1.90. The zero-order valence-corrected chi connectivity index (χ0v) is 14.6. The molecule has 0 spiro atoms. The first-order chi connectivity index (χ1) is 10.8. The molecule has 0 bridgehead atoms. The molecule has 110 valence electrons. The van der Waals surface area contributed by atoms with Gasteiger partial charge in [-0.15, -0.1) is 11.3 Å². The topological polar surface area (TPSA) is 26.3 Å². The molecule has 0 unspecified atom stereocenters. The standard InChI is InChI=1S/C18H13IO2S/c19-15-11-12-22-17(15)18(20)21-16(13-7-3-1-4-8-13)14-9-5-2-6-10-14/h1-12,16H. The van der Waals surface area contributed by atoms with Crippen LogP contribution in [0.1, 0.15) is 26.9 Å². The van der Waals surface area contributed by atoms with Crippen LogP contribution in [0.4, 0.5) is 0 Å². The van der Waals surface area contributed by atoms with Crippen LogP contribution in [-0.2, 0) is 4.74 Å². The second kappa shape index (κ2) is 7.07. The van der Waals surface area contributed by atoms with Crippen LogP contribution in [0, 0.1) is 3.57 Å². The number of hydrogen-bond acceptors (Lipinski definition) is 3. The van der Waals surface area contributed by atoms with E-state index in [2.05, 4.69) is 22.6 Å². The molecular formula is C18H13IO2S. The van der Waals surface area contributed by atoms with E-state index in [9.17, 15) is 4.79 Å². The van der Waals surface area contributed by atoms with Gasteiger partial charge in [0.25, 0.3) is 0 Å². The number of carbonyl (C=O) groups is 1. The molecule has 0 saturated carbocycles. The largest absolute Gasteiger partial charge is 0.448 e. The van der Waals surface area contributed by atoms with Crippen molar-refractivity contribution in [2.75, 3.05) is 0 Å². The molecule has 2 nitrogen and oxygen atoms in total. The van der Waals surface area contributed by atoms with E-state index in [1.807, 2.05) is 72.1 Å². The molecule has 0 aliphatic heterocycles. The van der Waals surface area contributed by atoms with Crippen LogP contribution in [0.3, 0.4) is 0 Å². The maximum absolute atomic E-state index is 12.5. The van der Waals surface area contributed by atoms with Gasteiger partial charge in [0.1, 0.15) is 4.88 Å². The molecule has 4 heteroatoms. The number of esters is 1. The van der Waals surface area contributed by atoms with Crippen LogP contribution in [0.5, 0.6) is 0 Å². The Balaban J connectivity index is 1.93. The lowest BCUT2D eigenvalue weighted by Crippen LogP contribution is -2.12. The Labute approximate surface area is 146 Å². The summed E-state index contributed by atoms with van der Waals surface area (Å²) in [6.45, 7) is 0. The van der Waals surface area contributed by atoms with E-state index >= 15 is 0 Å². The lowest BCUT2D eigenvalue weighted by atomic mass is 10.0. The third kappa shape index (κ3) is 3.39. The highest BCUT2D eigenvalue weighted by Gasteiger charge is 2.21. The summed E-state index contributed by atoms with van der Waals surface area (Å²) in [7, 11) is 0. The zero-order valence-electron chi connectivity index (χ0n) is 11.6. The summed E-state index contributed by atoms with van der Waals surface area (Å²) in [4.78, 5) is 13.1. The Morgan fingerprint density at radius 2 is 1.45 bits per heavy atom. The minimum absolute atomic E-state index is 0.280. The Morgan fingerprint density at radius 3 is 1.91 bits per heavy atom. The van der Waals surface area contributed by atoms with Crippen molar-refractivity contribution in [1.29, 1.82) is 0 Å². The summed E-state index contributed by atoms with van der Waals surface area (Å²) in [5.41, 5.74) is 1.93. The van der Waals surface area contributed by atoms with Crippen LogP contribution >= 0.6 is 33.9 Å². The number of ether oxygens (including phenoxy) is 1. The van der Waals surface area contributed by atoms with Crippen molar-refractivity contribution in [2.24, 2.45) is 0 Å². The fourth-order valence-corrected chi connectivity index (χ4v) is 3.87. The monoisotopic (exact) mass is 420 g/mol. The van der Waals surface area contributed by atoms with E-state index in [1.54, 1.807) is 0 Å². The Kier molecular flexibility index (Phi) is 4.90. The Bertz CT molecular complexity index is 714.